The first-order chi connectivity index (χ1) is 7.06. The lowest BCUT2D eigenvalue weighted by Crippen LogP contribution is -2.02. The van der Waals surface area contributed by atoms with E-state index in [2.05, 4.69) is 14.3 Å². The van der Waals surface area contributed by atoms with Crippen LogP contribution in [-0.2, 0) is 19.9 Å². The number of nitrogens with two attached hydrogens (primary N) is 1. The third kappa shape index (κ3) is 9.55. The lowest BCUT2D eigenvalue weighted by Gasteiger charge is -1.86. The van der Waals surface area contributed by atoms with E-state index in [-0.39, 0.29) is 0 Å². The summed E-state index contributed by atoms with van der Waals surface area (Å²) in [5.41, 5.74) is 6.38. The SMILES string of the molecule is NCCc1cnc[nH]1.O=[P+](O)O[P+](=O)O. The molecule has 0 aliphatic rings. The Bertz CT molecular complexity index is 292. The summed E-state index contributed by atoms with van der Waals surface area (Å²) in [7, 11) is -5.85. The molecule has 10 heteroatoms. The van der Waals surface area contributed by atoms with Gasteiger partial charge in [0, 0.05) is 27.4 Å². The molecule has 5 N–H and O–H groups in total. The van der Waals surface area contributed by atoms with Crippen LogP contribution >= 0.6 is 16.5 Å². The molecule has 15 heavy (non-hydrogen) atoms. The average Bonchev–Trinajstić information content (AvgIpc) is 2.55. The van der Waals surface area contributed by atoms with Crippen molar-refractivity contribution in [2.24, 2.45) is 5.73 Å². The molecular weight excluding hydrogens is 244 g/mol. The predicted molar refractivity (Wildman–Crippen MR) is 52.1 cm³/mol. The number of H-pyrrole nitrogens is 1. The molecule has 0 aliphatic carbocycles. The van der Waals surface area contributed by atoms with Gasteiger partial charge in [-0.2, -0.15) is 0 Å². The summed E-state index contributed by atoms with van der Waals surface area (Å²) in [6, 6.07) is 0. The molecule has 0 aliphatic heterocycles. The fourth-order valence-corrected chi connectivity index (χ4v) is 1.11. The minimum absolute atomic E-state index is 0.683. The van der Waals surface area contributed by atoms with Crippen molar-refractivity contribution in [1.29, 1.82) is 0 Å². The quantitative estimate of drug-likeness (QED) is 0.564. The van der Waals surface area contributed by atoms with E-state index in [1.165, 1.54) is 0 Å². The minimum atomic E-state index is -2.92. The monoisotopic (exact) mass is 255 g/mol. The lowest BCUT2D eigenvalue weighted by atomic mass is 10.3. The maximum Gasteiger partial charge on any atom is 0.745 e. The third-order valence-corrected chi connectivity index (χ3v) is 2.23. The molecule has 0 spiro atoms. The lowest BCUT2D eigenvalue weighted by molar-refractivity contribution is 0.371. The highest BCUT2D eigenvalue weighted by Crippen LogP contribution is 2.30. The summed E-state index contributed by atoms with van der Waals surface area (Å²) in [6.45, 7) is 0.683. The molecule has 1 rings (SSSR count). The highest BCUT2D eigenvalue weighted by atomic mass is 31.2. The van der Waals surface area contributed by atoms with Gasteiger partial charge >= 0.3 is 16.5 Å². The van der Waals surface area contributed by atoms with Gasteiger partial charge in [0.05, 0.1) is 6.33 Å². The first kappa shape index (κ1) is 14.2. The van der Waals surface area contributed by atoms with E-state index in [9.17, 15) is 9.13 Å². The van der Waals surface area contributed by atoms with Gasteiger partial charge in [-0.05, 0) is 6.54 Å². The van der Waals surface area contributed by atoms with Crippen LogP contribution in [0.5, 0.6) is 0 Å². The maximum atomic E-state index is 9.39. The Morgan fingerprint density at radius 1 is 1.47 bits per heavy atom. The number of aromatic nitrogens is 2. The third-order valence-electron chi connectivity index (χ3n) is 1.11. The van der Waals surface area contributed by atoms with Crippen LogP contribution in [0.3, 0.4) is 0 Å². The molecule has 0 aromatic carbocycles. The van der Waals surface area contributed by atoms with E-state index in [1.54, 1.807) is 12.5 Å². The van der Waals surface area contributed by atoms with Crippen LogP contribution in [0, 0.1) is 0 Å². The summed E-state index contributed by atoms with van der Waals surface area (Å²) in [5, 5.41) is 0. The van der Waals surface area contributed by atoms with Crippen molar-refractivity contribution in [2.45, 2.75) is 6.42 Å². The van der Waals surface area contributed by atoms with Gasteiger partial charge in [-0.15, -0.1) is 9.79 Å². The molecule has 0 amide bonds. The minimum Gasteiger partial charge on any atom is -0.348 e. The average molecular weight is 255 g/mol. The smallest absolute Gasteiger partial charge is 0.348 e. The number of aromatic amines is 1. The highest BCUT2D eigenvalue weighted by molar-refractivity contribution is 7.46. The van der Waals surface area contributed by atoms with Crippen molar-refractivity contribution >= 4 is 16.5 Å². The van der Waals surface area contributed by atoms with Crippen LogP contribution in [0.1, 0.15) is 5.69 Å². The molecule has 2 atom stereocenters. The molecule has 8 nitrogen and oxygen atoms in total. The molecule has 0 saturated carbocycles. The van der Waals surface area contributed by atoms with Crippen molar-refractivity contribution in [3.05, 3.63) is 18.2 Å². The van der Waals surface area contributed by atoms with Gasteiger partial charge in [0.15, 0.2) is 4.31 Å². The van der Waals surface area contributed by atoms with Crippen LogP contribution in [0.2, 0.25) is 0 Å². The Balaban J connectivity index is 0.000000265. The normalized spacial score (nSPS) is 11.4. The first-order valence-electron chi connectivity index (χ1n) is 3.74. The summed E-state index contributed by atoms with van der Waals surface area (Å²) in [4.78, 5) is 22.1. The molecule has 2 unspecified atom stereocenters. The van der Waals surface area contributed by atoms with Gasteiger partial charge in [-0.25, -0.2) is 4.98 Å². The van der Waals surface area contributed by atoms with Crippen LogP contribution in [0.25, 0.3) is 0 Å². The summed E-state index contributed by atoms with van der Waals surface area (Å²) >= 11 is 0. The topological polar surface area (TPSA) is 139 Å². The van der Waals surface area contributed by atoms with Crippen molar-refractivity contribution < 1.29 is 23.2 Å². The fraction of sp³-hybridized carbons (Fsp3) is 0.400. The molecule has 84 valence electrons. The molecule has 1 heterocycles. The standard InChI is InChI=1S/C5H9N3.O5P2/c6-2-1-5-3-7-4-8-5;1-6(2)5-7(3)4/h3-4H,1-2,6H2,(H,7,8);/p+2. The second-order valence-corrected chi connectivity index (χ2v) is 3.78. The van der Waals surface area contributed by atoms with E-state index < -0.39 is 16.5 Å². The Morgan fingerprint density at radius 3 is 2.33 bits per heavy atom. The summed E-state index contributed by atoms with van der Waals surface area (Å²) in [5.74, 6) is 0. The zero-order valence-electron chi connectivity index (χ0n) is 7.61. The van der Waals surface area contributed by atoms with Gasteiger partial charge in [-0.1, -0.05) is 0 Å². The number of nitrogens with one attached hydrogen (secondary N) is 1. The molecule has 1 aromatic heterocycles. The van der Waals surface area contributed by atoms with Gasteiger partial charge in [0.1, 0.15) is 0 Å². The van der Waals surface area contributed by atoms with Crippen LogP contribution < -0.4 is 5.73 Å². The molecule has 0 saturated heterocycles. The molecule has 0 radical (unpaired) electrons. The second kappa shape index (κ2) is 8.55. The van der Waals surface area contributed by atoms with Gasteiger partial charge in [0.25, 0.3) is 0 Å². The van der Waals surface area contributed by atoms with Gasteiger partial charge < -0.3 is 10.7 Å². The molecule has 0 bridgehead atoms. The number of rotatable bonds is 4. The molecule has 1 aromatic rings. The number of hydrogen-bond donors (Lipinski definition) is 4. The van der Waals surface area contributed by atoms with E-state index in [0.29, 0.717) is 6.54 Å². The van der Waals surface area contributed by atoms with E-state index in [1.807, 2.05) is 0 Å². The molecular formula is C5H11N3O5P2+2. The zero-order chi connectivity index (χ0) is 11.7. The van der Waals surface area contributed by atoms with Crippen LogP contribution in [0.4, 0.5) is 0 Å². The van der Waals surface area contributed by atoms with E-state index in [4.69, 9.17) is 15.5 Å². The van der Waals surface area contributed by atoms with Crippen molar-refractivity contribution in [3.8, 4) is 0 Å². The number of hydrogen-bond acceptors (Lipinski definition) is 5. The second-order valence-electron chi connectivity index (χ2n) is 2.17. The Hall–Kier alpha value is -0.750. The number of nitrogens with zero attached hydrogens (tertiary/aromatic N) is 1. The number of imidazole rings is 1. The van der Waals surface area contributed by atoms with E-state index >= 15 is 0 Å². The molecule has 0 fully saturated rings. The van der Waals surface area contributed by atoms with Crippen LogP contribution in [0.15, 0.2) is 12.5 Å². The fourth-order valence-electron chi connectivity index (χ4n) is 0.637. The van der Waals surface area contributed by atoms with Gasteiger partial charge in [-0.3, -0.25) is 0 Å². The maximum absolute atomic E-state index is 9.39. The van der Waals surface area contributed by atoms with Crippen molar-refractivity contribution in [1.82, 2.24) is 9.97 Å². The first-order valence-corrected chi connectivity index (χ1v) is 6.00. The van der Waals surface area contributed by atoms with Crippen LogP contribution in [-0.4, -0.2) is 26.3 Å². The van der Waals surface area contributed by atoms with E-state index in [0.717, 1.165) is 12.1 Å². The predicted octanol–water partition coefficient (Wildman–Crippen LogP) is 0.213. The Kier molecular flexibility index (Phi) is 8.12. The van der Waals surface area contributed by atoms with Gasteiger partial charge in [0.2, 0.25) is 0 Å². The van der Waals surface area contributed by atoms with Crippen molar-refractivity contribution in [2.75, 3.05) is 6.54 Å². The highest BCUT2D eigenvalue weighted by Gasteiger charge is 2.31. The zero-order valence-corrected chi connectivity index (χ0v) is 9.40. The Labute approximate surface area is 87.4 Å². The Morgan fingerprint density at radius 2 is 2.07 bits per heavy atom. The largest absolute Gasteiger partial charge is 0.745 e. The summed E-state index contributed by atoms with van der Waals surface area (Å²) < 4.78 is 22.2. The summed E-state index contributed by atoms with van der Waals surface area (Å²) in [6.07, 6.45) is 4.33. The van der Waals surface area contributed by atoms with Crippen molar-refractivity contribution in [3.63, 3.8) is 0 Å².